The van der Waals surface area contributed by atoms with Gasteiger partial charge in [-0.05, 0) is 37.3 Å². The van der Waals surface area contributed by atoms with Gasteiger partial charge < -0.3 is 15.4 Å². The van der Waals surface area contributed by atoms with Crippen molar-refractivity contribution >= 4 is 34.9 Å². The minimum Gasteiger partial charge on any atom is -0.465 e. The summed E-state index contributed by atoms with van der Waals surface area (Å²) in [7, 11) is 1.19. The Morgan fingerprint density at radius 3 is 2.52 bits per heavy atom. The molecule has 0 aromatic heterocycles. The summed E-state index contributed by atoms with van der Waals surface area (Å²) < 4.78 is 31.4. The summed E-state index contributed by atoms with van der Waals surface area (Å²) in [5.74, 6) is -2.29. The molecule has 25 heavy (non-hydrogen) atoms. The van der Waals surface area contributed by atoms with E-state index in [0.717, 1.165) is 18.2 Å². The third-order valence-electron chi connectivity index (χ3n) is 3.41. The average Bonchev–Trinajstić information content (AvgIpc) is 2.57. The highest BCUT2D eigenvalue weighted by molar-refractivity contribution is 6.33. The van der Waals surface area contributed by atoms with Crippen LogP contribution in [0.5, 0.6) is 0 Å². The molecule has 0 saturated heterocycles. The Morgan fingerprint density at radius 1 is 1.16 bits per heavy atom. The van der Waals surface area contributed by atoms with Crippen LogP contribution in [0.25, 0.3) is 0 Å². The molecule has 0 bridgehead atoms. The topological polar surface area (TPSA) is 67.4 Å². The number of ether oxygens (including phenoxy) is 1. The van der Waals surface area contributed by atoms with Crippen molar-refractivity contribution in [3.8, 4) is 0 Å². The molecular formula is C17H15ClF2N2O3. The van der Waals surface area contributed by atoms with E-state index in [9.17, 15) is 18.4 Å². The highest BCUT2D eigenvalue weighted by atomic mass is 35.5. The standard InChI is InChI=1S/C17H15ClF2N2O3/c1-9-13(20)5-10(17(24)25-2)6-15(9)21-8-16(23)22-14-4-3-11(19)7-12(14)18/h3-7,21H,8H2,1-2H3,(H,22,23). The van der Waals surface area contributed by atoms with Crippen molar-refractivity contribution in [2.75, 3.05) is 24.3 Å². The number of hydrogen-bond donors (Lipinski definition) is 2. The fraction of sp³-hybridized carbons (Fsp3) is 0.176. The summed E-state index contributed by atoms with van der Waals surface area (Å²) >= 11 is 5.83. The molecule has 0 aliphatic carbocycles. The lowest BCUT2D eigenvalue weighted by molar-refractivity contribution is -0.114. The Morgan fingerprint density at radius 2 is 1.88 bits per heavy atom. The van der Waals surface area contributed by atoms with Crippen molar-refractivity contribution in [3.63, 3.8) is 0 Å². The van der Waals surface area contributed by atoms with Gasteiger partial charge in [-0.2, -0.15) is 0 Å². The molecule has 8 heteroatoms. The molecule has 0 saturated carbocycles. The van der Waals surface area contributed by atoms with Gasteiger partial charge in [-0.15, -0.1) is 0 Å². The molecule has 2 aromatic rings. The Hall–Kier alpha value is -2.67. The highest BCUT2D eigenvalue weighted by Crippen LogP contribution is 2.23. The first-order valence-corrected chi connectivity index (χ1v) is 7.57. The molecule has 0 spiro atoms. The first kappa shape index (κ1) is 18.7. The maximum Gasteiger partial charge on any atom is 0.338 e. The highest BCUT2D eigenvalue weighted by Gasteiger charge is 2.14. The first-order valence-electron chi connectivity index (χ1n) is 7.19. The third kappa shape index (κ3) is 4.67. The summed E-state index contributed by atoms with van der Waals surface area (Å²) in [6, 6.07) is 6.02. The molecule has 5 nitrogen and oxygen atoms in total. The van der Waals surface area contributed by atoms with Crippen LogP contribution in [0.2, 0.25) is 5.02 Å². The number of esters is 1. The van der Waals surface area contributed by atoms with Gasteiger partial charge in [0.15, 0.2) is 0 Å². The number of nitrogens with one attached hydrogen (secondary N) is 2. The van der Waals surface area contributed by atoms with Crippen LogP contribution in [0, 0.1) is 18.6 Å². The van der Waals surface area contributed by atoms with Crippen molar-refractivity contribution in [1.82, 2.24) is 0 Å². The van der Waals surface area contributed by atoms with E-state index in [1.54, 1.807) is 0 Å². The second kappa shape index (κ2) is 7.94. The maximum absolute atomic E-state index is 13.9. The van der Waals surface area contributed by atoms with Gasteiger partial charge in [-0.1, -0.05) is 11.6 Å². The molecule has 0 radical (unpaired) electrons. The van der Waals surface area contributed by atoms with Gasteiger partial charge in [0.1, 0.15) is 11.6 Å². The number of hydrogen-bond acceptors (Lipinski definition) is 4. The summed E-state index contributed by atoms with van der Waals surface area (Å²) in [6.45, 7) is 1.30. The monoisotopic (exact) mass is 368 g/mol. The Bertz CT molecular complexity index is 828. The smallest absolute Gasteiger partial charge is 0.338 e. The van der Waals surface area contributed by atoms with Gasteiger partial charge in [-0.3, -0.25) is 4.79 Å². The Balaban J connectivity index is 2.08. The molecular weight excluding hydrogens is 354 g/mol. The molecule has 132 valence electrons. The predicted octanol–water partition coefficient (Wildman–Crippen LogP) is 3.76. The van der Waals surface area contributed by atoms with Gasteiger partial charge in [0.25, 0.3) is 0 Å². The van der Waals surface area contributed by atoms with Crippen molar-refractivity contribution in [2.24, 2.45) is 0 Å². The van der Waals surface area contributed by atoms with E-state index in [1.807, 2.05) is 0 Å². The number of benzene rings is 2. The van der Waals surface area contributed by atoms with E-state index >= 15 is 0 Å². The molecule has 0 unspecified atom stereocenters. The SMILES string of the molecule is COC(=O)c1cc(F)c(C)c(NCC(=O)Nc2ccc(F)cc2Cl)c1. The van der Waals surface area contributed by atoms with Crippen molar-refractivity contribution < 1.29 is 23.1 Å². The lowest BCUT2D eigenvalue weighted by atomic mass is 10.1. The van der Waals surface area contributed by atoms with Crippen LogP contribution in [-0.2, 0) is 9.53 Å². The minimum absolute atomic E-state index is 0.0232. The van der Waals surface area contributed by atoms with Crippen LogP contribution in [0.3, 0.4) is 0 Å². The van der Waals surface area contributed by atoms with Gasteiger partial charge in [0.05, 0.1) is 29.9 Å². The minimum atomic E-state index is -0.690. The summed E-state index contributed by atoms with van der Waals surface area (Å²) in [5.41, 5.74) is 0.803. The molecule has 2 N–H and O–H groups in total. The quantitative estimate of drug-likeness (QED) is 0.788. The van der Waals surface area contributed by atoms with Crippen LogP contribution < -0.4 is 10.6 Å². The van der Waals surface area contributed by atoms with Crippen molar-refractivity contribution in [2.45, 2.75) is 6.92 Å². The van der Waals surface area contributed by atoms with Crippen molar-refractivity contribution in [1.29, 1.82) is 0 Å². The van der Waals surface area contributed by atoms with Crippen LogP contribution in [0.4, 0.5) is 20.2 Å². The van der Waals surface area contributed by atoms with E-state index in [0.29, 0.717) is 0 Å². The number of anilines is 2. The van der Waals surface area contributed by atoms with Gasteiger partial charge in [-0.25, -0.2) is 13.6 Å². The molecule has 0 aliphatic rings. The fourth-order valence-corrected chi connectivity index (χ4v) is 2.27. The molecule has 0 aliphatic heterocycles. The molecule has 0 atom stereocenters. The molecule has 0 heterocycles. The second-order valence-corrected chi connectivity index (χ2v) is 5.56. The van der Waals surface area contributed by atoms with E-state index in [1.165, 1.54) is 26.2 Å². The first-order chi connectivity index (χ1) is 11.8. The van der Waals surface area contributed by atoms with E-state index in [-0.39, 0.29) is 34.1 Å². The van der Waals surface area contributed by atoms with Gasteiger partial charge in [0, 0.05) is 11.3 Å². The van der Waals surface area contributed by atoms with Crippen LogP contribution in [-0.4, -0.2) is 25.5 Å². The zero-order valence-corrected chi connectivity index (χ0v) is 14.2. The molecule has 1 amide bonds. The molecule has 2 rings (SSSR count). The third-order valence-corrected chi connectivity index (χ3v) is 3.72. The zero-order valence-electron chi connectivity index (χ0n) is 13.5. The lowest BCUT2D eigenvalue weighted by Gasteiger charge is -2.13. The number of halogens is 3. The van der Waals surface area contributed by atoms with Crippen molar-refractivity contribution in [3.05, 3.63) is 58.1 Å². The Kier molecular flexibility index (Phi) is 5.93. The number of carbonyl (C=O) groups is 2. The summed E-state index contributed by atoms with van der Waals surface area (Å²) in [4.78, 5) is 23.5. The normalized spacial score (nSPS) is 10.3. The molecule has 0 fully saturated rings. The molecule has 2 aromatic carbocycles. The van der Waals surface area contributed by atoms with E-state index in [4.69, 9.17) is 11.6 Å². The summed E-state index contributed by atoms with van der Waals surface area (Å²) in [6.07, 6.45) is 0. The zero-order chi connectivity index (χ0) is 18.6. The van der Waals surface area contributed by atoms with Gasteiger partial charge in [0.2, 0.25) is 5.91 Å². The lowest BCUT2D eigenvalue weighted by Crippen LogP contribution is -2.22. The van der Waals surface area contributed by atoms with E-state index in [2.05, 4.69) is 15.4 Å². The number of methoxy groups -OCH3 is 1. The fourth-order valence-electron chi connectivity index (χ4n) is 2.06. The van der Waals surface area contributed by atoms with E-state index < -0.39 is 23.5 Å². The average molecular weight is 369 g/mol. The Labute approximate surface area is 147 Å². The maximum atomic E-state index is 13.9. The number of amides is 1. The second-order valence-electron chi connectivity index (χ2n) is 5.15. The van der Waals surface area contributed by atoms with Crippen LogP contribution in [0.1, 0.15) is 15.9 Å². The predicted molar refractivity (Wildman–Crippen MR) is 91.0 cm³/mol. The number of carbonyl (C=O) groups excluding carboxylic acids is 2. The van der Waals surface area contributed by atoms with Gasteiger partial charge >= 0.3 is 5.97 Å². The van der Waals surface area contributed by atoms with Crippen LogP contribution in [0.15, 0.2) is 30.3 Å². The van der Waals surface area contributed by atoms with Crippen LogP contribution >= 0.6 is 11.6 Å². The number of rotatable bonds is 5. The largest absolute Gasteiger partial charge is 0.465 e. The summed E-state index contributed by atoms with van der Waals surface area (Å²) in [5, 5.41) is 5.31.